The van der Waals surface area contributed by atoms with Crippen molar-refractivity contribution < 1.29 is 28.7 Å². The molecule has 120 valence electrons. The van der Waals surface area contributed by atoms with E-state index < -0.39 is 46.2 Å². The van der Waals surface area contributed by atoms with Crippen LogP contribution in [-0.2, 0) is 28.7 Å². The molecule has 2 atom stereocenters. The summed E-state index contributed by atoms with van der Waals surface area (Å²) in [4.78, 5) is 48.6. The summed E-state index contributed by atoms with van der Waals surface area (Å²) in [5.74, 6) is -4.74. The van der Waals surface area contributed by atoms with E-state index in [4.69, 9.17) is 0 Å². The highest BCUT2D eigenvalue weighted by atomic mass is 16.5. The Hall–Kier alpha value is -2.23. The van der Waals surface area contributed by atoms with E-state index in [2.05, 4.69) is 9.47 Å². The fraction of sp³-hybridized carbons (Fsp3) is 0.667. The molecule has 0 radical (unpaired) electrons. The van der Waals surface area contributed by atoms with Crippen LogP contribution in [0.15, 0.2) is 0 Å². The number of Topliss-reactive ketones (excluding diaryl/α,β-unsaturated/α-hetero) is 2. The summed E-state index contributed by atoms with van der Waals surface area (Å²) in [5, 5.41) is 9.22. The Balaban J connectivity index is 3.51. The van der Waals surface area contributed by atoms with Crippen LogP contribution in [0.4, 0.5) is 0 Å². The van der Waals surface area contributed by atoms with Gasteiger partial charge in [-0.3, -0.25) is 19.2 Å². The number of hydrogen-bond acceptors (Lipinski definition) is 7. The Morgan fingerprint density at radius 2 is 1.55 bits per heavy atom. The standard InChI is InChI=1S/C15H19NO6/c1-8(7-16)15(9(2)17,10(3)18)11-6-14(11,12(19)21-4)13(20)22-5/h8,11H,6H2,1-5H3. The summed E-state index contributed by atoms with van der Waals surface area (Å²) in [5.41, 5.74) is -3.43. The van der Waals surface area contributed by atoms with Gasteiger partial charge < -0.3 is 9.47 Å². The molecular formula is C15H19NO6. The molecule has 0 bridgehead atoms. The van der Waals surface area contributed by atoms with Crippen LogP contribution < -0.4 is 0 Å². The SMILES string of the molecule is COC(=O)C1(C(=O)OC)CC1C(C(C)=O)(C(C)=O)C(C)C#N. The molecule has 2 unspecified atom stereocenters. The van der Waals surface area contributed by atoms with Gasteiger partial charge >= 0.3 is 11.9 Å². The molecule has 22 heavy (non-hydrogen) atoms. The maximum Gasteiger partial charge on any atom is 0.323 e. The van der Waals surface area contributed by atoms with E-state index in [1.54, 1.807) is 0 Å². The van der Waals surface area contributed by atoms with E-state index in [0.717, 1.165) is 14.2 Å². The highest BCUT2D eigenvalue weighted by Gasteiger charge is 2.77. The predicted octanol–water partition coefficient (Wildman–Crippen LogP) is 0.663. The molecule has 0 amide bonds. The van der Waals surface area contributed by atoms with E-state index in [9.17, 15) is 24.4 Å². The number of nitrogens with zero attached hydrogens (tertiary/aromatic N) is 1. The zero-order chi connectivity index (χ0) is 17.3. The zero-order valence-corrected chi connectivity index (χ0v) is 13.3. The van der Waals surface area contributed by atoms with Crippen molar-refractivity contribution in [1.82, 2.24) is 0 Å². The number of carbonyl (C=O) groups is 4. The van der Waals surface area contributed by atoms with E-state index in [1.165, 1.54) is 20.8 Å². The van der Waals surface area contributed by atoms with Gasteiger partial charge in [0.2, 0.25) is 0 Å². The van der Waals surface area contributed by atoms with Crippen LogP contribution in [0.3, 0.4) is 0 Å². The first-order valence-corrected chi connectivity index (χ1v) is 6.76. The first-order valence-electron chi connectivity index (χ1n) is 6.76. The van der Waals surface area contributed by atoms with Crippen molar-refractivity contribution in [2.75, 3.05) is 14.2 Å². The third-order valence-corrected chi connectivity index (χ3v) is 4.65. The molecule has 7 nitrogen and oxygen atoms in total. The second-order valence-corrected chi connectivity index (χ2v) is 5.54. The summed E-state index contributed by atoms with van der Waals surface area (Å²) >= 11 is 0. The van der Waals surface area contributed by atoms with Crippen LogP contribution in [0, 0.1) is 34.0 Å². The lowest BCUT2D eigenvalue weighted by Crippen LogP contribution is -2.48. The molecule has 0 aromatic heterocycles. The molecule has 1 saturated carbocycles. The lowest BCUT2D eigenvalue weighted by atomic mass is 9.65. The summed E-state index contributed by atoms with van der Waals surface area (Å²) in [6.45, 7) is 3.81. The number of rotatable bonds is 6. The van der Waals surface area contributed by atoms with Gasteiger partial charge in [-0.25, -0.2) is 0 Å². The van der Waals surface area contributed by atoms with Crippen LogP contribution >= 0.6 is 0 Å². The van der Waals surface area contributed by atoms with Gasteiger partial charge in [-0.05, 0) is 27.2 Å². The number of ketones is 2. The molecule has 1 rings (SSSR count). The van der Waals surface area contributed by atoms with Crippen molar-refractivity contribution >= 4 is 23.5 Å². The van der Waals surface area contributed by atoms with E-state index in [-0.39, 0.29) is 6.42 Å². The fourth-order valence-electron chi connectivity index (χ4n) is 3.46. The molecule has 7 heteroatoms. The molecular weight excluding hydrogens is 290 g/mol. The third-order valence-electron chi connectivity index (χ3n) is 4.65. The lowest BCUT2D eigenvalue weighted by Gasteiger charge is -2.32. The van der Waals surface area contributed by atoms with Crippen LogP contribution in [0.1, 0.15) is 27.2 Å². The average Bonchev–Trinajstić information content (AvgIpc) is 3.22. The summed E-state index contributed by atoms with van der Waals surface area (Å²) < 4.78 is 9.31. The Morgan fingerprint density at radius 3 is 1.82 bits per heavy atom. The monoisotopic (exact) mass is 309 g/mol. The number of hydrogen-bond donors (Lipinski definition) is 0. The van der Waals surface area contributed by atoms with Crippen molar-refractivity contribution in [3.05, 3.63) is 0 Å². The van der Waals surface area contributed by atoms with E-state index in [0.29, 0.717) is 0 Å². The van der Waals surface area contributed by atoms with Crippen molar-refractivity contribution in [3.63, 3.8) is 0 Å². The molecule has 0 saturated heterocycles. The van der Waals surface area contributed by atoms with Crippen molar-refractivity contribution in [1.29, 1.82) is 5.26 Å². The van der Waals surface area contributed by atoms with Crippen LogP contribution in [-0.4, -0.2) is 37.7 Å². The minimum atomic E-state index is -1.73. The molecule has 0 aromatic carbocycles. The Kier molecular flexibility index (Phi) is 4.76. The van der Waals surface area contributed by atoms with E-state index >= 15 is 0 Å². The quantitative estimate of drug-likeness (QED) is 0.523. The average molecular weight is 309 g/mol. The van der Waals surface area contributed by atoms with Crippen LogP contribution in [0.5, 0.6) is 0 Å². The molecule has 1 fully saturated rings. The first-order chi connectivity index (χ1) is 10.2. The predicted molar refractivity (Wildman–Crippen MR) is 73.1 cm³/mol. The van der Waals surface area contributed by atoms with Gasteiger partial charge in [-0.2, -0.15) is 5.26 Å². The van der Waals surface area contributed by atoms with Crippen molar-refractivity contribution in [3.8, 4) is 6.07 Å². The zero-order valence-electron chi connectivity index (χ0n) is 13.3. The van der Waals surface area contributed by atoms with Crippen LogP contribution in [0.25, 0.3) is 0 Å². The van der Waals surface area contributed by atoms with Crippen molar-refractivity contribution in [2.45, 2.75) is 27.2 Å². The minimum Gasteiger partial charge on any atom is -0.468 e. The number of nitriles is 1. The number of methoxy groups -OCH3 is 2. The minimum absolute atomic E-state index is 0.0580. The normalized spacial score (nSPS) is 20.3. The molecule has 0 aliphatic heterocycles. The molecule has 0 spiro atoms. The van der Waals surface area contributed by atoms with Gasteiger partial charge in [0.1, 0.15) is 17.0 Å². The highest BCUT2D eigenvalue weighted by Crippen LogP contribution is 2.65. The largest absolute Gasteiger partial charge is 0.468 e. The van der Waals surface area contributed by atoms with Gasteiger partial charge in [-0.15, -0.1) is 0 Å². The molecule has 0 N–H and O–H groups in total. The fourth-order valence-corrected chi connectivity index (χ4v) is 3.46. The second kappa shape index (κ2) is 5.87. The maximum atomic E-state index is 12.2. The molecule has 1 aliphatic carbocycles. The summed E-state index contributed by atoms with van der Waals surface area (Å²) in [6.07, 6.45) is -0.0580. The van der Waals surface area contributed by atoms with Gasteiger partial charge in [-0.1, -0.05) is 0 Å². The third kappa shape index (κ3) is 2.10. The number of ether oxygens (including phenoxy) is 2. The Labute approximate surface area is 128 Å². The molecule has 0 aromatic rings. The van der Waals surface area contributed by atoms with Gasteiger partial charge in [0.05, 0.1) is 26.2 Å². The first kappa shape index (κ1) is 17.8. The smallest absolute Gasteiger partial charge is 0.323 e. The molecule has 0 heterocycles. The Bertz CT molecular complexity index is 543. The summed E-state index contributed by atoms with van der Waals surface area (Å²) in [6, 6.07) is 1.90. The van der Waals surface area contributed by atoms with E-state index in [1.807, 2.05) is 6.07 Å². The number of esters is 2. The van der Waals surface area contributed by atoms with Crippen molar-refractivity contribution in [2.24, 2.45) is 22.7 Å². The van der Waals surface area contributed by atoms with Gasteiger partial charge in [0.25, 0.3) is 0 Å². The second-order valence-electron chi connectivity index (χ2n) is 5.54. The summed E-state index contributed by atoms with van der Waals surface area (Å²) in [7, 11) is 2.22. The topological polar surface area (TPSA) is 111 Å². The van der Waals surface area contributed by atoms with Crippen LogP contribution in [0.2, 0.25) is 0 Å². The Morgan fingerprint density at radius 1 is 1.14 bits per heavy atom. The molecule has 1 aliphatic rings. The maximum absolute atomic E-state index is 12.2. The highest BCUT2D eigenvalue weighted by molar-refractivity contribution is 6.11. The van der Waals surface area contributed by atoms with Gasteiger partial charge in [0, 0.05) is 5.92 Å². The number of carbonyl (C=O) groups excluding carboxylic acids is 4. The van der Waals surface area contributed by atoms with Gasteiger partial charge in [0.15, 0.2) is 5.41 Å². The lowest BCUT2D eigenvalue weighted by molar-refractivity contribution is -0.164.